The molecule has 0 heterocycles. The van der Waals surface area contributed by atoms with E-state index < -0.39 is 0 Å². The van der Waals surface area contributed by atoms with E-state index in [-0.39, 0.29) is 0 Å². The van der Waals surface area contributed by atoms with Crippen molar-refractivity contribution in [3.05, 3.63) is 22.2 Å². The second-order valence-electron chi connectivity index (χ2n) is 2.23. The average molecular weight is 201 g/mol. The highest BCUT2D eigenvalue weighted by Crippen LogP contribution is 2.21. The molecule has 1 aromatic rings. The molecule has 0 saturated heterocycles. The summed E-state index contributed by atoms with van der Waals surface area (Å²) in [6.45, 7) is 2.47. The Labute approximate surface area is 83.0 Å². The van der Waals surface area contributed by atoms with Crippen molar-refractivity contribution in [3.8, 4) is 5.75 Å². The molecule has 0 unspecified atom stereocenters. The fourth-order valence-corrected chi connectivity index (χ4v) is 1.28. The zero-order valence-corrected chi connectivity index (χ0v) is 8.12. The normalized spacial score (nSPS) is 9.92. The molecule has 0 aliphatic carbocycles. The van der Waals surface area contributed by atoms with E-state index >= 15 is 0 Å². The van der Waals surface area contributed by atoms with E-state index in [0.717, 1.165) is 0 Å². The molecule has 0 aliphatic rings. The van der Waals surface area contributed by atoms with Gasteiger partial charge in [0.2, 0.25) is 0 Å². The molecule has 4 heteroatoms. The number of ether oxygens (including phenoxy) is 1. The number of hydrogen-bond donors (Lipinski definition) is 0. The van der Waals surface area contributed by atoms with Crippen LogP contribution in [0.4, 0.5) is 0 Å². The van der Waals surface area contributed by atoms with Crippen molar-refractivity contribution >= 4 is 36.5 Å². The predicted molar refractivity (Wildman–Crippen MR) is 53.0 cm³/mol. The Morgan fingerprint density at radius 3 is 2.25 bits per heavy atom. The lowest BCUT2D eigenvalue weighted by Crippen LogP contribution is -2.06. The van der Waals surface area contributed by atoms with Crippen molar-refractivity contribution in [2.24, 2.45) is 0 Å². The average Bonchev–Trinajstić information content (AvgIpc) is 2.01. The molecule has 0 bridgehead atoms. The van der Waals surface area contributed by atoms with Gasteiger partial charge in [0.25, 0.3) is 0 Å². The maximum atomic E-state index is 5.77. The van der Waals surface area contributed by atoms with Gasteiger partial charge in [0, 0.05) is 10.0 Å². The first-order valence-corrected chi connectivity index (χ1v) is 4.28. The first kappa shape index (κ1) is 9.75. The maximum absolute atomic E-state index is 5.77. The van der Waals surface area contributed by atoms with Crippen molar-refractivity contribution in [1.82, 2.24) is 0 Å². The fraction of sp³-hybridized carbons (Fsp3) is 0.250. The molecule has 0 N–H and O–H groups in total. The van der Waals surface area contributed by atoms with Crippen LogP contribution in [0.2, 0.25) is 10.0 Å². The van der Waals surface area contributed by atoms with E-state index in [9.17, 15) is 0 Å². The van der Waals surface area contributed by atoms with Crippen molar-refractivity contribution in [3.63, 3.8) is 0 Å². The van der Waals surface area contributed by atoms with Gasteiger partial charge < -0.3 is 4.74 Å². The van der Waals surface area contributed by atoms with Crippen LogP contribution in [0.1, 0.15) is 6.92 Å². The van der Waals surface area contributed by atoms with Crippen molar-refractivity contribution in [2.45, 2.75) is 6.92 Å². The second kappa shape index (κ2) is 4.06. The summed E-state index contributed by atoms with van der Waals surface area (Å²) in [6.07, 6.45) is 0. The molecule has 1 nitrogen and oxygen atoms in total. The zero-order valence-electron chi connectivity index (χ0n) is 6.60. The third-order valence-corrected chi connectivity index (χ3v) is 1.99. The van der Waals surface area contributed by atoms with Crippen LogP contribution in [0.15, 0.2) is 12.1 Å². The molecule has 1 aromatic carbocycles. The molecule has 0 amide bonds. The Bertz CT molecular complexity index is 265. The molecule has 0 aliphatic heterocycles. The van der Waals surface area contributed by atoms with Crippen molar-refractivity contribution in [1.29, 1.82) is 0 Å². The van der Waals surface area contributed by atoms with E-state index in [2.05, 4.69) is 0 Å². The quantitative estimate of drug-likeness (QED) is 0.666. The van der Waals surface area contributed by atoms with Gasteiger partial charge in [-0.25, -0.2) is 0 Å². The van der Waals surface area contributed by atoms with Gasteiger partial charge in [-0.15, -0.1) is 0 Å². The van der Waals surface area contributed by atoms with Crippen LogP contribution in [-0.2, 0) is 0 Å². The lowest BCUT2D eigenvalue weighted by atomic mass is 9.96. The van der Waals surface area contributed by atoms with Crippen LogP contribution in [0.3, 0.4) is 0 Å². The molecule has 1 rings (SSSR count). The van der Waals surface area contributed by atoms with Gasteiger partial charge in [-0.05, 0) is 19.1 Å². The van der Waals surface area contributed by atoms with E-state index in [1.165, 1.54) is 0 Å². The topological polar surface area (TPSA) is 9.23 Å². The number of rotatable bonds is 2. The summed E-state index contributed by atoms with van der Waals surface area (Å²) >= 11 is 11.5. The SMILES string of the molecule is [B]c1c(Cl)cc(OCC)cc1Cl. The molecule has 0 atom stereocenters. The molecule has 2 radical (unpaired) electrons. The summed E-state index contributed by atoms with van der Waals surface area (Å²) in [4.78, 5) is 0. The minimum atomic E-state index is 0.391. The highest BCUT2D eigenvalue weighted by atomic mass is 35.5. The second-order valence-corrected chi connectivity index (χ2v) is 3.05. The standard InChI is InChI=1S/C8H7BCl2O/c1-2-12-5-3-6(10)8(9)7(11)4-5/h3-4H,2H2,1H3. The molecular weight excluding hydrogens is 194 g/mol. The predicted octanol–water partition coefficient (Wildman–Crippen LogP) is 2.19. The third kappa shape index (κ3) is 2.08. The van der Waals surface area contributed by atoms with Crippen molar-refractivity contribution < 1.29 is 4.74 Å². The number of hydrogen-bond acceptors (Lipinski definition) is 1. The van der Waals surface area contributed by atoms with Crippen LogP contribution < -0.4 is 10.2 Å². The maximum Gasteiger partial charge on any atom is 0.122 e. The largest absolute Gasteiger partial charge is 0.494 e. The monoisotopic (exact) mass is 200 g/mol. The number of benzene rings is 1. The van der Waals surface area contributed by atoms with Gasteiger partial charge in [0.05, 0.1) is 6.61 Å². The molecule has 0 saturated carbocycles. The Kier molecular flexibility index (Phi) is 3.30. The summed E-state index contributed by atoms with van der Waals surface area (Å²) in [7, 11) is 5.53. The first-order chi connectivity index (χ1) is 5.65. The van der Waals surface area contributed by atoms with Crippen LogP contribution in [0, 0.1) is 0 Å². The summed E-state index contributed by atoms with van der Waals surface area (Å²) in [5, 5.41) is 0.844. The Morgan fingerprint density at radius 2 is 1.83 bits per heavy atom. The summed E-state index contributed by atoms with van der Waals surface area (Å²) in [6, 6.07) is 3.29. The number of halogens is 2. The van der Waals surface area contributed by atoms with Crippen molar-refractivity contribution in [2.75, 3.05) is 6.61 Å². The van der Waals surface area contributed by atoms with E-state index in [1.807, 2.05) is 6.92 Å². The molecule has 0 aromatic heterocycles. The Morgan fingerprint density at radius 1 is 1.33 bits per heavy atom. The smallest absolute Gasteiger partial charge is 0.122 e. The highest BCUT2D eigenvalue weighted by Gasteiger charge is 2.03. The minimum absolute atomic E-state index is 0.391. The fourth-order valence-electron chi connectivity index (χ4n) is 0.811. The van der Waals surface area contributed by atoms with Gasteiger partial charge >= 0.3 is 0 Å². The summed E-state index contributed by atoms with van der Waals surface area (Å²) < 4.78 is 5.20. The molecule has 0 fully saturated rings. The van der Waals surface area contributed by atoms with E-state index in [4.69, 9.17) is 35.8 Å². The highest BCUT2D eigenvalue weighted by molar-refractivity contribution is 6.51. The van der Waals surface area contributed by atoms with Crippen LogP contribution >= 0.6 is 23.2 Å². The first-order valence-electron chi connectivity index (χ1n) is 3.52. The van der Waals surface area contributed by atoms with Gasteiger partial charge in [-0.1, -0.05) is 28.7 Å². The lowest BCUT2D eigenvalue weighted by molar-refractivity contribution is 0.340. The van der Waals surface area contributed by atoms with E-state index in [1.54, 1.807) is 12.1 Å². The lowest BCUT2D eigenvalue weighted by Gasteiger charge is -2.06. The van der Waals surface area contributed by atoms with Gasteiger partial charge in [0.15, 0.2) is 0 Å². The zero-order chi connectivity index (χ0) is 9.14. The molecule has 62 valence electrons. The Balaban J connectivity index is 3.04. The summed E-state index contributed by atoms with van der Waals surface area (Å²) in [5.74, 6) is 0.640. The van der Waals surface area contributed by atoms with Crippen LogP contribution in [-0.4, -0.2) is 14.5 Å². The van der Waals surface area contributed by atoms with E-state index in [0.29, 0.717) is 27.9 Å². The molecule has 12 heavy (non-hydrogen) atoms. The minimum Gasteiger partial charge on any atom is -0.494 e. The Hall–Kier alpha value is -0.335. The summed E-state index contributed by atoms with van der Waals surface area (Å²) in [5.41, 5.74) is 0.391. The van der Waals surface area contributed by atoms with Gasteiger partial charge in [0.1, 0.15) is 13.6 Å². The molecular formula is C8H7BCl2O. The van der Waals surface area contributed by atoms with Crippen LogP contribution in [0.5, 0.6) is 5.75 Å². The molecule has 0 spiro atoms. The van der Waals surface area contributed by atoms with Crippen LogP contribution in [0.25, 0.3) is 0 Å². The van der Waals surface area contributed by atoms with Gasteiger partial charge in [-0.3, -0.25) is 0 Å². The van der Waals surface area contributed by atoms with Gasteiger partial charge in [-0.2, -0.15) is 0 Å². The third-order valence-electron chi connectivity index (χ3n) is 1.36.